The van der Waals surface area contributed by atoms with Gasteiger partial charge in [-0.05, 0) is 35.7 Å². The van der Waals surface area contributed by atoms with Gasteiger partial charge in [0.25, 0.3) is 5.91 Å². The molecular formula is C24H24N4O3S. The van der Waals surface area contributed by atoms with Crippen LogP contribution in [0.4, 0.5) is 0 Å². The number of amides is 1. The van der Waals surface area contributed by atoms with Crippen molar-refractivity contribution in [2.45, 2.75) is 6.04 Å². The summed E-state index contributed by atoms with van der Waals surface area (Å²) in [5, 5.41) is 9.87. The fourth-order valence-electron chi connectivity index (χ4n) is 3.91. The first-order chi connectivity index (χ1) is 15.8. The number of morpholine rings is 1. The Hall–Kier alpha value is -3.20. The predicted molar refractivity (Wildman–Crippen MR) is 123 cm³/mol. The minimum absolute atomic E-state index is 0.112. The summed E-state index contributed by atoms with van der Waals surface area (Å²) in [6.07, 6.45) is 1.60. The Bertz CT molecular complexity index is 1130. The molecule has 4 aromatic rings. The van der Waals surface area contributed by atoms with Crippen LogP contribution in [0.15, 0.2) is 76.7 Å². The van der Waals surface area contributed by atoms with E-state index in [2.05, 4.69) is 32.8 Å². The van der Waals surface area contributed by atoms with Crippen molar-refractivity contribution in [3.63, 3.8) is 0 Å². The van der Waals surface area contributed by atoms with Gasteiger partial charge in [0.15, 0.2) is 5.76 Å². The third-order valence-electron chi connectivity index (χ3n) is 5.53. The van der Waals surface area contributed by atoms with Crippen LogP contribution in [0.1, 0.15) is 21.4 Å². The number of aromatic nitrogens is 2. The van der Waals surface area contributed by atoms with Crippen LogP contribution < -0.4 is 5.32 Å². The van der Waals surface area contributed by atoms with Gasteiger partial charge in [0, 0.05) is 30.6 Å². The SMILES string of the molecule is O=C(NC[C@H](c1cccs1)N1CCOCC1)c1cc(-c2ccco2)nn1-c1ccccc1. The lowest BCUT2D eigenvalue weighted by Crippen LogP contribution is -2.43. The maximum atomic E-state index is 13.3. The molecule has 3 aromatic heterocycles. The quantitative estimate of drug-likeness (QED) is 0.463. The first kappa shape index (κ1) is 20.7. The van der Waals surface area contributed by atoms with Crippen LogP contribution in [0.3, 0.4) is 0 Å². The molecule has 1 aliphatic heterocycles. The number of ether oxygens (including phenoxy) is 1. The number of hydrogen-bond acceptors (Lipinski definition) is 6. The lowest BCUT2D eigenvalue weighted by molar-refractivity contribution is 0.0169. The summed E-state index contributed by atoms with van der Waals surface area (Å²) in [4.78, 5) is 16.9. The average Bonchev–Trinajstić information content (AvgIpc) is 3.62. The maximum Gasteiger partial charge on any atom is 0.270 e. The second kappa shape index (κ2) is 9.52. The number of rotatable bonds is 7. The zero-order valence-corrected chi connectivity index (χ0v) is 18.3. The van der Waals surface area contributed by atoms with Gasteiger partial charge in [-0.25, -0.2) is 4.68 Å². The van der Waals surface area contributed by atoms with Crippen LogP contribution in [-0.2, 0) is 4.74 Å². The number of nitrogens with zero attached hydrogens (tertiary/aromatic N) is 3. The van der Waals surface area contributed by atoms with E-state index in [1.165, 1.54) is 4.88 Å². The summed E-state index contributed by atoms with van der Waals surface area (Å²) in [5.74, 6) is 0.451. The largest absolute Gasteiger partial charge is 0.463 e. The molecule has 4 heterocycles. The zero-order valence-electron chi connectivity index (χ0n) is 17.5. The van der Waals surface area contributed by atoms with E-state index in [0.717, 1.165) is 18.8 Å². The van der Waals surface area contributed by atoms with Crippen molar-refractivity contribution >= 4 is 17.2 Å². The normalized spacial score (nSPS) is 15.5. The van der Waals surface area contributed by atoms with Gasteiger partial charge in [-0.1, -0.05) is 24.3 Å². The lowest BCUT2D eigenvalue weighted by atomic mass is 10.2. The molecule has 1 aliphatic rings. The molecule has 0 radical (unpaired) electrons. The van der Waals surface area contributed by atoms with Gasteiger partial charge in [0.05, 0.1) is 31.2 Å². The lowest BCUT2D eigenvalue weighted by Gasteiger charge is -2.34. The Kier molecular flexibility index (Phi) is 6.15. The predicted octanol–water partition coefficient (Wildman–Crippen LogP) is 4.00. The van der Waals surface area contributed by atoms with Gasteiger partial charge in [0.1, 0.15) is 11.4 Å². The van der Waals surface area contributed by atoms with Gasteiger partial charge in [-0.3, -0.25) is 9.69 Å². The van der Waals surface area contributed by atoms with Crippen LogP contribution in [-0.4, -0.2) is 53.4 Å². The van der Waals surface area contributed by atoms with E-state index >= 15 is 0 Å². The molecule has 7 nitrogen and oxygen atoms in total. The van der Waals surface area contributed by atoms with E-state index < -0.39 is 0 Å². The maximum absolute atomic E-state index is 13.3. The topological polar surface area (TPSA) is 72.5 Å². The highest BCUT2D eigenvalue weighted by atomic mass is 32.1. The fourth-order valence-corrected chi connectivity index (χ4v) is 4.77. The van der Waals surface area contributed by atoms with Gasteiger partial charge >= 0.3 is 0 Å². The van der Waals surface area contributed by atoms with Crippen molar-refractivity contribution in [3.05, 3.63) is 82.9 Å². The highest BCUT2D eigenvalue weighted by molar-refractivity contribution is 7.10. The molecule has 0 aliphatic carbocycles. The number of furan rings is 1. The van der Waals surface area contributed by atoms with Gasteiger partial charge in [-0.15, -0.1) is 11.3 Å². The van der Waals surface area contributed by atoms with E-state index in [9.17, 15) is 4.79 Å². The number of benzene rings is 1. The fraction of sp³-hybridized carbons (Fsp3) is 0.250. The molecule has 1 N–H and O–H groups in total. The van der Waals surface area contributed by atoms with Crippen molar-refractivity contribution in [3.8, 4) is 17.1 Å². The number of hydrogen-bond donors (Lipinski definition) is 1. The number of thiophene rings is 1. The Morgan fingerprint density at radius 2 is 1.94 bits per heavy atom. The smallest absolute Gasteiger partial charge is 0.270 e. The van der Waals surface area contributed by atoms with Crippen molar-refractivity contribution in [1.82, 2.24) is 20.0 Å². The second-order valence-corrected chi connectivity index (χ2v) is 8.51. The minimum Gasteiger partial charge on any atom is -0.463 e. The molecule has 1 amide bonds. The summed E-state index contributed by atoms with van der Waals surface area (Å²) >= 11 is 1.71. The summed E-state index contributed by atoms with van der Waals surface area (Å²) in [7, 11) is 0. The first-order valence-electron chi connectivity index (χ1n) is 10.6. The summed E-state index contributed by atoms with van der Waals surface area (Å²) in [5.41, 5.74) is 1.90. The molecule has 1 atom stereocenters. The van der Waals surface area contributed by atoms with E-state index in [4.69, 9.17) is 9.15 Å². The van der Waals surface area contributed by atoms with Crippen LogP contribution in [0.2, 0.25) is 0 Å². The Morgan fingerprint density at radius 3 is 2.66 bits per heavy atom. The summed E-state index contributed by atoms with van der Waals surface area (Å²) in [6, 6.07) is 19.4. The zero-order chi connectivity index (χ0) is 21.8. The number of nitrogens with one attached hydrogen (secondary N) is 1. The molecule has 8 heteroatoms. The molecule has 5 rings (SSSR count). The van der Waals surface area contributed by atoms with Crippen LogP contribution in [0, 0.1) is 0 Å². The van der Waals surface area contributed by atoms with Crippen LogP contribution in [0.5, 0.6) is 0 Å². The van der Waals surface area contributed by atoms with Gasteiger partial charge in [0.2, 0.25) is 0 Å². The monoisotopic (exact) mass is 448 g/mol. The molecule has 32 heavy (non-hydrogen) atoms. The molecular weight excluding hydrogens is 424 g/mol. The molecule has 0 bridgehead atoms. The van der Waals surface area contributed by atoms with E-state index in [0.29, 0.717) is 36.9 Å². The van der Waals surface area contributed by atoms with Crippen molar-refractivity contribution in [2.75, 3.05) is 32.8 Å². The third kappa shape index (κ3) is 4.38. The standard InChI is InChI=1S/C24H24N4O3S/c29-24(25-17-21(23-9-5-15-32-23)27-10-13-30-14-11-27)20-16-19(22-8-4-12-31-22)26-28(20)18-6-2-1-3-7-18/h1-9,12,15-16,21H,10-11,13-14,17H2,(H,25,29)/t21-/m1/s1. The molecule has 1 aromatic carbocycles. The summed E-state index contributed by atoms with van der Waals surface area (Å²) in [6.45, 7) is 3.63. The Labute approximate surface area is 190 Å². The van der Waals surface area contributed by atoms with Gasteiger partial charge < -0.3 is 14.5 Å². The van der Waals surface area contributed by atoms with Crippen molar-refractivity contribution in [1.29, 1.82) is 0 Å². The van der Waals surface area contributed by atoms with Crippen molar-refractivity contribution < 1.29 is 13.9 Å². The highest BCUT2D eigenvalue weighted by Crippen LogP contribution is 2.26. The van der Waals surface area contributed by atoms with Crippen molar-refractivity contribution in [2.24, 2.45) is 0 Å². The molecule has 164 valence electrons. The number of para-hydroxylation sites is 1. The van der Waals surface area contributed by atoms with E-state index in [1.807, 2.05) is 42.5 Å². The van der Waals surface area contributed by atoms with E-state index in [1.54, 1.807) is 28.3 Å². The Morgan fingerprint density at radius 1 is 1.09 bits per heavy atom. The van der Waals surface area contributed by atoms with E-state index in [-0.39, 0.29) is 11.9 Å². The van der Waals surface area contributed by atoms with Crippen LogP contribution in [0.25, 0.3) is 17.1 Å². The highest BCUT2D eigenvalue weighted by Gasteiger charge is 2.25. The number of carbonyl (C=O) groups is 1. The minimum atomic E-state index is -0.172. The molecule has 0 unspecified atom stereocenters. The molecule has 0 saturated carbocycles. The van der Waals surface area contributed by atoms with Crippen LogP contribution >= 0.6 is 11.3 Å². The molecule has 1 saturated heterocycles. The van der Waals surface area contributed by atoms with Gasteiger partial charge in [-0.2, -0.15) is 5.10 Å². The Balaban J connectivity index is 1.40. The average molecular weight is 449 g/mol. The summed E-state index contributed by atoms with van der Waals surface area (Å²) < 4.78 is 12.7. The second-order valence-electron chi connectivity index (χ2n) is 7.53. The third-order valence-corrected chi connectivity index (χ3v) is 6.50. The molecule has 1 fully saturated rings. The number of carbonyl (C=O) groups excluding carboxylic acids is 1. The molecule has 0 spiro atoms. The first-order valence-corrected chi connectivity index (χ1v) is 11.5.